The average molecular weight is 420 g/mol. The average Bonchev–Trinajstić information content (AvgIpc) is 2.68. The van der Waals surface area contributed by atoms with Gasteiger partial charge in [0.05, 0.1) is 4.90 Å². The molecule has 2 aromatic carbocycles. The maximum Gasteiger partial charge on any atom is 0.253 e. The largest absolute Gasteiger partial charge is 0.507 e. The number of phenolic OH excluding ortho intramolecular Hbond substituents is 2. The molecule has 156 valence electrons. The smallest absolute Gasteiger partial charge is 0.253 e. The Morgan fingerprint density at radius 1 is 0.966 bits per heavy atom. The number of phenols is 2. The molecule has 9 nitrogen and oxygen atoms in total. The van der Waals surface area contributed by atoms with E-state index in [0.29, 0.717) is 25.2 Å². The highest BCUT2D eigenvalue weighted by molar-refractivity contribution is 7.89. The molecular formula is C19H24N4O5S. The Morgan fingerprint density at radius 3 is 2.14 bits per heavy atom. The number of hydrogen-bond acceptors (Lipinski definition) is 7. The summed E-state index contributed by atoms with van der Waals surface area (Å²) < 4.78 is 23.3. The van der Waals surface area contributed by atoms with Crippen molar-refractivity contribution in [2.24, 2.45) is 10.9 Å². The van der Waals surface area contributed by atoms with Crippen LogP contribution in [0.15, 0.2) is 41.3 Å². The summed E-state index contributed by atoms with van der Waals surface area (Å²) in [5.74, 6) is -0.648. The number of primary sulfonamides is 1. The molecule has 1 aliphatic heterocycles. The lowest BCUT2D eigenvalue weighted by molar-refractivity contribution is 0.0641. The predicted molar refractivity (Wildman–Crippen MR) is 108 cm³/mol. The Morgan fingerprint density at radius 2 is 1.55 bits per heavy atom. The van der Waals surface area contributed by atoms with Gasteiger partial charge in [-0.25, -0.2) is 13.6 Å². The van der Waals surface area contributed by atoms with Crippen LogP contribution in [-0.2, 0) is 10.0 Å². The normalized spacial score (nSPS) is 15.4. The molecule has 0 unspecified atom stereocenters. The Labute approximate surface area is 169 Å². The van der Waals surface area contributed by atoms with Crippen LogP contribution < -0.4 is 10.9 Å². The summed E-state index contributed by atoms with van der Waals surface area (Å²) in [5, 5.41) is 25.6. The first-order valence-electron chi connectivity index (χ1n) is 9.11. The maximum absolute atomic E-state index is 12.9. The van der Waals surface area contributed by atoms with Gasteiger partial charge in [0, 0.05) is 56.0 Å². The number of aromatic hydroxyl groups is 2. The molecule has 0 atom stereocenters. The quantitative estimate of drug-likeness (QED) is 0.537. The number of sulfonamides is 1. The third-order valence-electron chi connectivity index (χ3n) is 4.94. The van der Waals surface area contributed by atoms with E-state index in [-0.39, 0.29) is 33.4 Å². The highest BCUT2D eigenvalue weighted by atomic mass is 32.2. The van der Waals surface area contributed by atoms with Crippen molar-refractivity contribution >= 4 is 15.9 Å². The van der Waals surface area contributed by atoms with E-state index >= 15 is 0 Å². The fourth-order valence-corrected chi connectivity index (χ4v) is 3.87. The molecule has 0 bridgehead atoms. The lowest BCUT2D eigenvalue weighted by Crippen LogP contribution is -2.49. The molecule has 0 spiro atoms. The number of nitrogens with two attached hydrogens (primary N) is 2. The van der Waals surface area contributed by atoms with Gasteiger partial charge in [0.2, 0.25) is 10.0 Å². The van der Waals surface area contributed by atoms with Gasteiger partial charge in [-0.1, -0.05) is 0 Å². The minimum Gasteiger partial charge on any atom is -0.507 e. The van der Waals surface area contributed by atoms with Crippen molar-refractivity contribution < 1.29 is 23.4 Å². The van der Waals surface area contributed by atoms with Crippen LogP contribution in [0.3, 0.4) is 0 Å². The monoisotopic (exact) mass is 420 g/mol. The molecule has 0 aromatic heterocycles. The molecular weight excluding hydrogens is 396 g/mol. The zero-order valence-corrected chi connectivity index (χ0v) is 16.6. The maximum atomic E-state index is 12.9. The van der Waals surface area contributed by atoms with E-state index in [1.165, 1.54) is 36.4 Å². The molecule has 0 saturated carbocycles. The van der Waals surface area contributed by atoms with Crippen LogP contribution in [0.2, 0.25) is 0 Å². The van der Waals surface area contributed by atoms with E-state index < -0.39 is 10.0 Å². The predicted octanol–water partition coefficient (Wildman–Crippen LogP) is 0.129. The molecule has 10 heteroatoms. The van der Waals surface area contributed by atoms with Crippen molar-refractivity contribution in [1.29, 1.82) is 0 Å². The Kier molecular flexibility index (Phi) is 6.08. The summed E-state index contributed by atoms with van der Waals surface area (Å²) in [5.41, 5.74) is 6.10. The molecule has 3 rings (SSSR count). The first-order valence-corrected chi connectivity index (χ1v) is 10.7. The van der Waals surface area contributed by atoms with E-state index in [1.807, 2.05) is 0 Å². The number of hydrogen-bond donors (Lipinski definition) is 4. The SMILES string of the molecule is NCCN1CCN(C(=O)c2ccc(O)c(-c3cc(S(N)(=O)=O)ccc3O)c2)CC1. The number of carbonyl (C=O) groups is 1. The van der Waals surface area contributed by atoms with Crippen molar-refractivity contribution in [2.75, 3.05) is 39.3 Å². The number of nitrogens with zero attached hydrogens (tertiary/aromatic N) is 2. The highest BCUT2D eigenvalue weighted by Crippen LogP contribution is 2.37. The number of amides is 1. The zero-order chi connectivity index (χ0) is 21.2. The van der Waals surface area contributed by atoms with Crippen molar-refractivity contribution in [2.45, 2.75) is 4.90 Å². The summed E-state index contributed by atoms with van der Waals surface area (Å²) in [6.07, 6.45) is 0. The van der Waals surface area contributed by atoms with Crippen molar-refractivity contribution in [3.05, 3.63) is 42.0 Å². The zero-order valence-electron chi connectivity index (χ0n) is 15.8. The van der Waals surface area contributed by atoms with Crippen LogP contribution in [0.1, 0.15) is 10.4 Å². The van der Waals surface area contributed by atoms with E-state index in [4.69, 9.17) is 10.9 Å². The van der Waals surface area contributed by atoms with Gasteiger partial charge >= 0.3 is 0 Å². The number of benzene rings is 2. The third-order valence-corrected chi connectivity index (χ3v) is 5.85. The number of carbonyl (C=O) groups excluding carboxylic acids is 1. The molecule has 1 saturated heterocycles. The fourth-order valence-electron chi connectivity index (χ4n) is 3.33. The second-order valence-electron chi connectivity index (χ2n) is 6.88. The summed E-state index contributed by atoms with van der Waals surface area (Å²) in [4.78, 5) is 16.6. The molecule has 1 aliphatic rings. The van der Waals surface area contributed by atoms with E-state index in [1.54, 1.807) is 4.90 Å². The molecule has 1 amide bonds. The third kappa shape index (κ3) is 4.67. The van der Waals surface area contributed by atoms with Crippen LogP contribution in [0, 0.1) is 0 Å². The lowest BCUT2D eigenvalue weighted by atomic mass is 10.00. The van der Waals surface area contributed by atoms with Gasteiger partial charge in [-0.3, -0.25) is 9.69 Å². The van der Waals surface area contributed by atoms with Crippen molar-refractivity contribution in [3.8, 4) is 22.6 Å². The van der Waals surface area contributed by atoms with Gasteiger partial charge in [0.15, 0.2) is 0 Å². The molecule has 0 radical (unpaired) electrons. The standard InChI is InChI=1S/C19H24N4O5S/c20-5-6-22-7-9-23(10-8-22)19(26)13-1-3-17(24)15(11-13)16-12-14(29(21,27)28)2-4-18(16)25/h1-4,11-12,24-25H,5-10,20H2,(H2,21,27,28). The van der Waals surface area contributed by atoms with Crippen molar-refractivity contribution in [1.82, 2.24) is 9.80 Å². The van der Waals surface area contributed by atoms with Crippen LogP contribution in [-0.4, -0.2) is 73.6 Å². The van der Waals surface area contributed by atoms with Crippen LogP contribution >= 0.6 is 0 Å². The van der Waals surface area contributed by atoms with Crippen molar-refractivity contribution in [3.63, 3.8) is 0 Å². The number of rotatable bonds is 5. The van der Waals surface area contributed by atoms with E-state index in [0.717, 1.165) is 19.6 Å². The molecule has 2 aromatic rings. The van der Waals surface area contributed by atoms with Gasteiger partial charge in [0.1, 0.15) is 11.5 Å². The summed E-state index contributed by atoms with van der Waals surface area (Å²) in [6.45, 7) is 3.92. The van der Waals surface area contributed by atoms with Gasteiger partial charge in [-0.05, 0) is 36.4 Å². The lowest BCUT2D eigenvalue weighted by Gasteiger charge is -2.34. The first kappa shape index (κ1) is 21.1. The minimum atomic E-state index is -4.00. The van der Waals surface area contributed by atoms with Crippen LogP contribution in [0.25, 0.3) is 11.1 Å². The molecule has 1 heterocycles. The molecule has 29 heavy (non-hydrogen) atoms. The van der Waals surface area contributed by atoms with Gasteiger partial charge in [-0.2, -0.15) is 0 Å². The van der Waals surface area contributed by atoms with E-state index in [2.05, 4.69) is 4.90 Å². The second kappa shape index (κ2) is 8.37. The minimum absolute atomic E-state index is 0.0661. The van der Waals surface area contributed by atoms with E-state index in [9.17, 15) is 23.4 Å². The van der Waals surface area contributed by atoms with Crippen LogP contribution in [0.4, 0.5) is 0 Å². The van der Waals surface area contributed by atoms with Gasteiger partial charge in [-0.15, -0.1) is 0 Å². The molecule has 6 N–H and O–H groups in total. The summed E-state index contributed by atoms with van der Waals surface area (Å²) in [7, 11) is -4.00. The van der Waals surface area contributed by atoms with Crippen LogP contribution in [0.5, 0.6) is 11.5 Å². The molecule has 1 fully saturated rings. The second-order valence-corrected chi connectivity index (χ2v) is 8.44. The first-order chi connectivity index (χ1) is 13.7. The Bertz CT molecular complexity index is 1020. The fraction of sp³-hybridized carbons (Fsp3) is 0.316. The topological polar surface area (TPSA) is 150 Å². The molecule has 0 aliphatic carbocycles. The number of piperazine rings is 1. The van der Waals surface area contributed by atoms with Gasteiger partial charge < -0.3 is 20.8 Å². The Balaban J connectivity index is 1.91. The summed E-state index contributed by atoms with van der Waals surface area (Å²) >= 11 is 0. The Hall–Kier alpha value is -2.66. The highest BCUT2D eigenvalue weighted by Gasteiger charge is 2.23. The van der Waals surface area contributed by atoms with Gasteiger partial charge in [0.25, 0.3) is 5.91 Å². The summed E-state index contributed by atoms with van der Waals surface area (Å²) in [6, 6.07) is 7.79.